The van der Waals surface area contributed by atoms with Gasteiger partial charge in [-0.25, -0.2) is 4.98 Å². The van der Waals surface area contributed by atoms with Gasteiger partial charge in [-0.1, -0.05) is 0 Å². The summed E-state index contributed by atoms with van der Waals surface area (Å²) in [5, 5.41) is 2.94. The molecule has 1 rings (SSSR count). The number of aromatic nitrogens is 1. The van der Waals surface area contributed by atoms with Gasteiger partial charge < -0.3 is 21.7 Å². The van der Waals surface area contributed by atoms with Gasteiger partial charge in [-0.15, -0.1) is 0 Å². The van der Waals surface area contributed by atoms with E-state index < -0.39 is 5.91 Å². The average Bonchev–Trinajstić information content (AvgIpc) is 2.41. The van der Waals surface area contributed by atoms with Crippen molar-refractivity contribution < 1.29 is 9.59 Å². The number of nitrogens with one attached hydrogen (secondary N) is 1. The first-order valence-electron chi connectivity index (χ1n) is 6.56. The van der Waals surface area contributed by atoms with Crippen LogP contribution in [0.25, 0.3) is 0 Å². The molecular formula is C13H21N5O2. The first kappa shape index (κ1) is 15.7. The molecule has 0 unspecified atom stereocenters. The zero-order valence-electron chi connectivity index (χ0n) is 11.8. The molecule has 0 spiro atoms. The molecule has 1 heterocycles. The van der Waals surface area contributed by atoms with Crippen LogP contribution in [0.5, 0.6) is 0 Å². The number of nitrogens with zero attached hydrogens (tertiary/aromatic N) is 2. The number of amides is 2. The molecular weight excluding hydrogens is 258 g/mol. The van der Waals surface area contributed by atoms with E-state index in [1.165, 1.54) is 12.3 Å². The highest BCUT2D eigenvalue weighted by Gasteiger charge is 2.12. The van der Waals surface area contributed by atoms with E-state index in [1.807, 2.05) is 13.8 Å². The molecule has 0 fully saturated rings. The number of nitrogen functional groups attached to an aromatic ring is 1. The summed E-state index contributed by atoms with van der Waals surface area (Å²) in [5.41, 5.74) is 11.4. The number of hydrogen-bond donors (Lipinski definition) is 3. The van der Waals surface area contributed by atoms with Crippen LogP contribution in [0.15, 0.2) is 12.3 Å². The summed E-state index contributed by atoms with van der Waals surface area (Å²) in [6.07, 6.45) is 1.76. The monoisotopic (exact) mass is 279 g/mol. The molecule has 0 radical (unpaired) electrons. The number of carbonyl (C=O) groups excluding carboxylic acids is 2. The van der Waals surface area contributed by atoms with Gasteiger partial charge in [0.25, 0.3) is 5.91 Å². The second kappa shape index (κ2) is 7.32. The molecule has 0 aromatic carbocycles. The van der Waals surface area contributed by atoms with Crippen LogP contribution in [0.1, 0.15) is 30.6 Å². The first-order valence-corrected chi connectivity index (χ1v) is 6.56. The zero-order chi connectivity index (χ0) is 15.1. The van der Waals surface area contributed by atoms with E-state index >= 15 is 0 Å². The molecule has 0 aliphatic heterocycles. The Morgan fingerprint density at radius 2 is 2.00 bits per heavy atom. The normalized spacial score (nSPS) is 10.1. The van der Waals surface area contributed by atoms with Gasteiger partial charge in [-0.3, -0.25) is 9.59 Å². The predicted molar refractivity (Wildman–Crippen MR) is 78.2 cm³/mol. The SMILES string of the molecule is CCN(CC)C(=O)CCNc1ncc(N)cc1C(N)=O. The zero-order valence-corrected chi connectivity index (χ0v) is 11.8. The smallest absolute Gasteiger partial charge is 0.252 e. The summed E-state index contributed by atoms with van der Waals surface area (Å²) >= 11 is 0. The van der Waals surface area contributed by atoms with Gasteiger partial charge >= 0.3 is 0 Å². The molecule has 0 saturated carbocycles. The van der Waals surface area contributed by atoms with Crippen molar-refractivity contribution in [2.24, 2.45) is 5.73 Å². The van der Waals surface area contributed by atoms with Crippen molar-refractivity contribution in [3.63, 3.8) is 0 Å². The lowest BCUT2D eigenvalue weighted by molar-refractivity contribution is -0.130. The van der Waals surface area contributed by atoms with Crippen LogP contribution < -0.4 is 16.8 Å². The minimum Gasteiger partial charge on any atom is -0.397 e. The highest BCUT2D eigenvalue weighted by Crippen LogP contribution is 2.14. The maximum absolute atomic E-state index is 11.8. The van der Waals surface area contributed by atoms with E-state index in [2.05, 4.69) is 10.3 Å². The molecule has 2 amide bonds. The van der Waals surface area contributed by atoms with E-state index in [9.17, 15) is 9.59 Å². The van der Waals surface area contributed by atoms with E-state index in [1.54, 1.807) is 4.90 Å². The predicted octanol–water partition coefficient (Wildman–Crippen LogP) is 0.433. The fraction of sp³-hybridized carbons (Fsp3) is 0.462. The quantitative estimate of drug-likeness (QED) is 0.669. The van der Waals surface area contributed by atoms with Crippen molar-refractivity contribution in [2.75, 3.05) is 30.7 Å². The van der Waals surface area contributed by atoms with E-state index in [0.29, 0.717) is 37.6 Å². The second-order valence-electron chi connectivity index (χ2n) is 4.27. The minimum atomic E-state index is -0.609. The summed E-state index contributed by atoms with van der Waals surface area (Å²) in [5.74, 6) is -0.208. The molecule has 7 heteroatoms. The molecule has 110 valence electrons. The van der Waals surface area contributed by atoms with Crippen LogP contribution in [-0.4, -0.2) is 41.3 Å². The summed E-state index contributed by atoms with van der Waals surface area (Å²) in [4.78, 5) is 28.9. The Morgan fingerprint density at radius 3 is 2.55 bits per heavy atom. The molecule has 20 heavy (non-hydrogen) atoms. The van der Waals surface area contributed by atoms with Crippen LogP contribution >= 0.6 is 0 Å². The topological polar surface area (TPSA) is 114 Å². The lowest BCUT2D eigenvalue weighted by Crippen LogP contribution is -2.31. The molecule has 0 atom stereocenters. The summed E-state index contributed by atoms with van der Waals surface area (Å²) in [6, 6.07) is 1.46. The maximum Gasteiger partial charge on any atom is 0.252 e. The number of hydrogen-bond acceptors (Lipinski definition) is 5. The molecule has 0 saturated heterocycles. The second-order valence-corrected chi connectivity index (χ2v) is 4.27. The van der Waals surface area contributed by atoms with Crippen LogP contribution in [0.3, 0.4) is 0 Å². The largest absolute Gasteiger partial charge is 0.397 e. The molecule has 0 bridgehead atoms. The van der Waals surface area contributed by atoms with Gasteiger partial charge in [0.15, 0.2) is 0 Å². The van der Waals surface area contributed by atoms with Crippen molar-refractivity contribution >= 4 is 23.3 Å². The first-order chi connectivity index (χ1) is 9.49. The summed E-state index contributed by atoms with van der Waals surface area (Å²) in [6.45, 7) is 5.61. The van der Waals surface area contributed by atoms with Gasteiger partial charge in [0.1, 0.15) is 5.82 Å². The highest BCUT2D eigenvalue weighted by molar-refractivity contribution is 5.98. The van der Waals surface area contributed by atoms with Crippen LogP contribution in [0, 0.1) is 0 Å². The van der Waals surface area contributed by atoms with E-state index in [4.69, 9.17) is 11.5 Å². The Kier molecular flexibility index (Phi) is 5.76. The van der Waals surface area contributed by atoms with Gasteiger partial charge in [0.2, 0.25) is 5.91 Å². The fourth-order valence-electron chi connectivity index (χ4n) is 1.83. The summed E-state index contributed by atoms with van der Waals surface area (Å²) < 4.78 is 0. The fourth-order valence-corrected chi connectivity index (χ4v) is 1.83. The average molecular weight is 279 g/mol. The number of pyridine rings is 1. The van der Waals surface area contributed by atoms with Crippen molar-refractivity contribution in [1.29, 1.82) is 0 Å². The van der Waals surface area contributed by atoms with Crippen molar-refractivity contribution in [3.05, 3.63) is 17.8 Å². The number of nitrogens with two attached hydrogens (primary N) is 2. The van der Waals surface area contributed by atoms with Gasteiger partial charge in [-0.05, 0) is 19.9 Å². The van der Waals surface area contributed by atoms with Crippen LogP contribution in [0.2, 0.25) is 0 Å². The highest BCUT2D eigenvalue weighted by atomic mass is 16.2. The molecule has 1 aromatic rings. The van der Waals surface area contributed by atoms with Gasteiger partial charge in [-0.2, -0.15) is 0 Å². The van der Waals surface area contributed by atoms with Gasteiger partial charge in [0, 0.05) is 26.1 Å². The molecule has 1 aromatic heterocycles. The van der Waals surface area contributed by atoms with Crippen LogP contribution in [0.4, 0.5) is 11.5 Å². The standard InChI is InChI=1S/C13H21N5O2/c1-3-18(4-2)11(19)5-6-16-13-10(12(15)20)7-9(14)8-17-13/h7-8H,3-6,14H2,1-2H3,(H2,15,20)(H,16,17). The van der Waals surface area contributed by atoms with Crippen LogP contribution in [-0.2, 0) is 4.79 Å². The minimum absolute atomic E-state index is 0.0542. The van der Waals surface area contributed by atoms with Crippen molar-refractivity contribution in [1.82, 2.24) is 9.88 Å². The number of anilines is 2. The third-order valence-electron chi connectivity index (χ3n) is 2.92. The van der Waals surface area contributed by atoms with Crippen molar-refractivity contribution in [3.8, 4) is 0 Å². The Labute approximate surface area is 118 Å². The Hall–Kier alpha value is -2.31. The molecule has 0 aliphatic rings. The maximum atomic E-state index is 11.8. The number of rotatable bonds is 7. The van der Waals surface area contributed by atoms with Crippen molar-refractivity contribution in [2.45, 2.75) is 20.3 Å². The third-order valence-corrected chi connectivity index (χ3v) is 2.92. The third kappa shape index (κ3) is 4.11. The Bertz CT molecular complexity index is 486. The Morgan fingerprint density at radius 1 is 1.35 bits per heavy atom. The lowest BCUT2D eigenvalue weighted by Gasteiger charge is -2.18. The molecule has 0 aliphatic carbocycles. The Balaban J connectivity index is 2.62. The van der Waals surface area contributed by atoms with Gasteiger partial charge in [0.05, 0.1) is 17.4 Å². The number of carbonyl (C=O) groups is 2. The lowest BCUT2D eigenvalue weighted by atomic mass is 10.2. The van der Waals surface area contributed by atoms with E-state index in [-0.39, 0.29) is 11.5 Å². The molecule has 5 N–H and O–H groups in total. The number of primary amides is 1. The van der Waals surface area contributed by atoms with E-state index in [0.717, 1.165) is 0 Å². The summed E-state index contributed by atoms with van der Waals surface area (Å²) in [7, 11) is 0. The molecule has 7 nitrogen and oxygen atoms in total.